The molecule has 1 aromatic heterocycles. The molecule has 1 aromatic carbocycles. The first-order valence-electron chi connectivity index (χ1n) is 4.67. The number of carbonyl (C=O) groups excluding carboxylic acids is 1. The predicted molar refractivity (Wildman–Crippen MR) is 66.8 cm³/mol. The van der Waals surface area contributed by atoms with Crippen LogP contribution in [-0.4, -0.2) is 13.4 Å². The Balaban J connectivity index is 2.10. The molecule has 0 aliphatic rings. The lowest BCUT2D eigenvalue weighted by atomic mass is 10.3. The molecule has 16 heavy (non-hydrogen) atoms. The Morgan fingerprint density at radius 1 is 1.25 bits per heavy atom. The second-order valence-electron chi connectivity index (χ2n) is 3.08. The van der Waals surface area contributed by atoms with Crippen LogP contribution in [-0.2, 0) is 0 Å². The van der Waals surface area contributed by atoms with Crippen molar-refractivity contribution in [2.45, 2.75) is 9.79 Å². The lowest BCUT2D eigenvalue weighted by molar-refractivity contribution is 0.112. The number of hydrogen-bond acceptors (Lipinski definition) is 4. The van der Waals surface area contributed by atoms with E-state index in [-0.39, 0.29) is 0 Å². The molecule has 2 nitrogen and oxygen atoms in total. The van der Waals surface area contributed by atoms with Crippen LogP contribution in [0.2, 0.25) is 0 Å². The first-order valence-corrected chi connectivity index (χ1v) is 6.37. The molecule has 0 radical (unpaired) electrons. The van der Waals surface area contributed by atoms with E-state index in [0.717, 1.165) is 26.7 Å². The number of ether oxygens (including phenoxy) is 1. The molecular weight excluding hydrogens is 240 g/mol. The highest BCUT2D eigenvalue weighted by Gasteiger charge is 2.01. The van der Waals surface area contributed by atoms with Crippen molar-refractivity contribution >= 4 is 29.4 Å². The molecule has 0 saturated carbocycles. The Kier molecular flexibility index (Phi) is 3.64. The third-order valence-corrected chi connectivity index (χ3v) is 3.99. The molecule has 2 rings (SSSR count). The Labute approximate surface area is 102 Å². The smallest absolute Gasteiger partial charge is 0.160 e. The van der Waals surface area contributed by atoms with E-state index in [9.17, 15) is 4.79 Å². The number of hydrogen-bond donors (Lipinski definition) is 0. The van der Waals surface area contributed by atoms with Crippen molar-refractivity contribution < 1.29 is 9.53 Å². The number of benzene rings is 1. The van der Waals surface area contributed by atoms with Gasteiger partial charge in [0.05, 0.1) is 12.0 Å². The summed E-state index contributed by atoms with van der Waals surface area (Å²) in [6.45, 7) is 0. The summed E-state index contributed by atoms with van der Waals surface area (Å²) >= 11 is 3.10. The number of carbonyl (C=O) groups is 1. The Morgan fingerprint density at radius 2 is 2.00 bits per heavy atom. The van der Waals surface area contributed by atoms with Crippen LogP contribution >= 0.6 is 23.1 Å². The SMILES string of the molecule is COc1ccc(Sc2csc(C=O)c2)cc1. The summed E-state index contributed by atoms with van der Waals surface area (Å²) in [7, 11) is 1.65. The van der Waals surface area contributed by atoms with Crippen molar-refractivity contribution in [3.05, 3.63) is 40.6 Å². The molecule has 0 atom stereocenters. The molecule has 82 valence electrons. The molecule has 4 heteroatoms. The van der Waals surface area contributed by atoms with Crippen molar-refractivity contribution in [1.82, 2.24) is 0 Å². The van der Waals surface area contributed by atoms with Gasteiger partial charge in [0.25, 0.3) is 0 Å². The molecule has 0 unspecified atom stereocenters. The molecule has 2 aromatic rings. The van der Waals surface area contributed by atoms with Crippen molar-refractivity contribution in [3.8, 4) is 5.75 Å². The predicted octanol–water partition coefficient (Wildman–Crippen LogP) is 3.72. The van der Waals surface area contributed by atoms with E-state index in [1.54, 1.807) is 18.9 Å². The number of aldehydes is 1. The number of methoxy groups -OCH3 is 1. The molecule has 0 amide bonds. The minimum atomic E-state index is 0.760. The maximum Gasteiger partial charge on any atom is 0.160 e. The topological polar surface area (TPSA) is 26.3 Å². The summed E-state index contributed by atoms with van der Waals surface area (Å²) in [5.74, 6) is 0.850. The summed E-state index contributed by atoms with van der Waals surface area (Å²) in [4.78, 5) is 13.5. The van der Waals surface area contributed by atoms with E-state index in [4.69, 9.17) is 4.74 Å². The zero-order valence-corrected chi connectivity index (χ0v) is 10.3. The van der Waals surface area contributed by atoms with Crippen LogP contribution in [0, 0.1) is 0 Å². The largest absolute Gasteiger partial charge is 0.497 e. The zero-order chi connectivity index (χ0) is 11.4. The van der Waals surface area contributed by atoms with Crippen LogP contribution in [0.1, 0.15) is 9.67 Å². The first kappa shape index (κ1) is 11.2. The summed E-state index contributed by atoms with van der Waals surface area (Å²) < 4.78 is 5.09. The highest BCUT2D eigenvalue weighted by molar-refractivity contribution is 7.99. The van der Waals surface area contributed by atoms with Gasteiger partial charge in [-0.05, 0) is 30.3 Å². The quantitative estimate of drug-likeness (QED) is 0.774. The monoisotopic (exact) mass is 250 g/mol. The van der Waals surface area contributed by atoms with E-state index in [1.165, 1.54) is 11.3 Å². The van der Waals surface area contributed by atoms with E-state index in [1.807, 2.05) is 35.7 Å². The highest BCUT2D eigenvalue weighted by atomic mass is 32.2. The molecule has 0 bridgehead atoms. The molecular formula is C12H10O2S2. The van der Waals surface area contributed by atoms with Gasteiger partial charge in [0, 0.05) is 15.2 Å². The second-order valence-corrected chi connectivity index (χ2v) is 5.17. The Hall–Kier alpha value is -1.26. The van der Waals surface area contributed by atoms with Crippen LogP contribution in [0.5, 0.6) is 5.75 Å². The minimum Gasteiger partial charge on any atom is -0.497 e. The van der Waals surface area contributed by atoms with Gasteiger partial charge >= 0.3 is 0 Å². The van der Waals surface area contributed by atoms with Crippen LogP contribution in [0.4, 0.5) is 0 Å². The average Bonchev–Trinajstić information content (AvgIpc) is 2.78. The normalized spacial score (nSPS) is 10.1. The summed E-state index contributed by atoms with van der Waals surface area (Å²) in [6, 6.07) is 9.75. The van der Waals surface area contributed by atoms with E-state index in [0.29, 0.717) is 0 Å². The summed E-state index contributed by atoms with van der Waals surface area (Å²) in [6.07, 6.45) is 0.878. The molecule has 1 heterocycles. The van der Waals surface area contributed by atoms with Gasteiger partial charge in [-0.3, -0.25) is 4.79 Å². The van der Waals surface area contributed by atoms with Crippen LogP contribution < -0.4 is 4.74 Å². The lowest BCUT2D eigenvalue weighted by Gasteiger charge is -2.01. The molecule has 0 saturated heterocycles. The van der Waals surface area contributed by atoms with Crippen LogP contribution in [0.15, 0.2) is 45.5 Å². The summed E-state index contributed by atoms with van der Waals surface area (Å²) in [5.41, 5.74) is 0. The van der Waals surface area contributed by atoms with Gasteiger partial charge in [-0.25, -0.2) is 0 Å². The molecule has 0 fully saturated rings. The molecule has 0 N–H and O–H groups in total. The maximum absolute atomic E-state index is 10.5. The Morgan fingerprint density at radius 3 is 2.56 bits per heavy atom. The summed E-state index contributed by atoms with van der Waals surface area (Å²) in [5, 5.41) is 1.98. The molecule has 0 aliphatic carbocycles. The van der Waals surface area contributed by atoms with Gasteiger partial charge in [-0.15, -0.1) is 11.3 Å². The zero-order valence-electron chi connectivity index (χ0n) is 8.67. The fourth-order valence-corrected chi connectivity index (χ4v) is 2.94. The van der Waals surface area contributed by atoms with Gasteiger partial charge in [0.2, 0.25) is 0 Å². The third-order valence-electron chi connectivity index (χ3n) is 2.01. The molecule has 0 aliphatic heterocycles. The maximum atomic E-state index is 10.5. The second kappa shape index (κ2) is 5.18. The first-order chi connectivity index (χ1) is 7.81. The Bertz CT molecular complexity index is 474. The van der Waals surface area contributed by atoms with Crippen LogP contribution in [0.3, 0.4) is 0 Å². The van der Waals surface area contributed by atoms with Gasteiger partial charge in [0.15, 0.2) is 6.29 Å². The van der Waals surface area contributed by atoms with Crippen LogP contribution in [0.25, 0.3) is 0 Å². The van der Waals surface area contributed by atoms with Gasteiger partial charge in [-0.1, -0.05) is 11.8 Å². The fourth-order valence-electron chi connectivity index (χ4n) is 1.23. The van der Waals surface area contributed by atoms with Crippen molar-refractivity contribution in [2.75, 3.05) is 7.11 Å². The van der Waals surface area contributed by atoms with Gasteiger partial charge in [0.1, 0.15) is 5.75 Å². The van der Waals surface area contributed by atoms with Crippen molar-refractivity contribution in [3.63, 3.8) is 0 Å². The van der Waals surface area contributed by atoms with Gasteiger partial charge < -0.3 is 4.74 Å². The number of rotatable bonds is 4. The van der Waals surface area contributed by atoms with Crippen molar-refractivity contribution in [1.29, 1.82) is 0 Å². The van der Waals surface area contributed by atoms with E-state index < -0.39 is 0 Å². The lowest BCUT2D eigenvalue weighted by Crippen LogP contribution is -1.80. The fraction of sp³-hybridized carbons (Fsp3) is 0.0833. The highest BCUT2D eigenvalue weighted by Crippen LogP contribution is 2.31. The average molecular weight is 250 g/mol. The number of thiophene rings is 1. The standard InChI is InChI=1S/C12H10O2S2/c1-14-9-2-4-10(5-3-9)16-12-6-11(7-13)15-8-12/h2-8H,1H3. The van der Waals surface area contributed by atoms with E-state index in [2.05, 4.69) is 0 Å². The van der Waals surface area contributed by atoms with E-state index >= 15 is 0 Å². The minimum absolute atomic E-state index is 0.760. The molecule has 0 spiro atoms. The third kappa shape index (κ3) is 2.65. The van der Waals surface area contributed by atoms with Crippen molar-refractivity contribution in [2.24, 2.45) is 0 Å². The van der Waals surface area contributed by atoms with Gasteiger partial charge in [-0.2, -0.15) is 0 Å².